The second kappa shape index (κ2) is 7.15. The fraction of sp³-hybridized carbons (Fsp3) is 0.500. The highest BCUT2D eigenvalue weighted by Crippen LogP contribution is 2.51. The number of carboxylic acid groups (broad SMARTS) is 1. The quantitative estimate of drug-likeness (QED) is 0.715. The van der Waals surface area contributed by atoms with Crippen LogP contribution >= 0.6 is 0 Å². The van der Waals surface area contributed by atoms with Crippen LogP contribution in [-0.2, 0) is 9.59 Å². The van der Waals surface area contributed by atoms with Gasteiger partial charge in [-0.2, -0.15) is 0 Å². The summed E-state index contributed by atoms with van der Waals surface area (Å²) in [6.07, 6.45) is 1.29. The van der Waals surface area contributed by atoms with E-state index in [1.807, 2.05) is 18.2 Å². The lowest BCUT2D eigenvalue weighted by Crippen LogP contribution is -2.26. The molecule has 1 amide bonds. The molecule has 2 atom stereocenters. The van der Waals surface area contributed by atoms with Crippen LogP contribution in [0.2, 0.25) is 0 Å². The Balaban J connectivity index is 1.91. The zero-order chi connectivity index (χ0) is 16.1. The smallest absolute Gasteiger partial charge is 0.303 e. The lowest BCUT2D eigenvalue weighted by Gasteiger charge is -2.10. The highest BCUT2D eigenvalue weighted by atomic mass is 16.5. The zero-order valence-corrected chi connectivity index (χ0v) is 12.8. The molecular weight excluding hydrogens is 286 g/mol. The van der Waals surface area contributed by atoms with Gasteiger partial charge >= 0.3 is 5.97 Å². The Hall–Kier alpha value is -2.24. The van der Waals surface area contributed by atoms with E-state index in [-0.39, 0.29) is 24.2 Å². The summed E-state index contributed by atoms with van der Waals surface area (Å²) >= 11 is 0. The number of nitrogens with one attached hydrogen (secondary N) is 1. The standard InChI is InChI=1S/C16H21NO5/c1-21-10-5-6-14(22-2)12(8-10)11-9-13(11)16(20)17-7-3-4-15(18)19/h5-6,8,11,13H,3-4,7,9H2,1-2H3,(H,17,20)(H,18,19). The van der Waals surface area contributed by atoms with Gasteiger partial charge in [0.1, 0.15) is 11.5 Å². The van der Waals surface area contributed by atoms with Gasteiger partial charge in [-0.1, -0.05) is 0 Å². The highest BCUT2D eigenvalue weighted by molar-refractivity contribution is 5.83. The lowest BCUT2D eigenvalue weighted by molar-refractivity contribution is -0.137. The molecule has 22 heavy (non-hydrogen) atoms. The van der Waals surface area contributed by atoms with Gasteiger partial charge in [-0.3, -0.25) is 9.59 Å². The molecule has 1 saturated carbocycles. The molecule has 0 heterocycles. The summed E-state index contributed by atoms with van der Waals surface area (Å²) in [6.45, 7) is 0.392. The Bertz CT molecular complexity index is 557. The van der Waals surface area contributed by atoms with Gasteiger partial charge in [0.25, 0.3) is 0 Å². The van der Waals surface area contributed by atoms with E-state index in [1.165, 1.54) is 0 Å². The third-order valence-corrected chi connectivity index (χ3v) is 3.83. The van der Waals surface area contributed by atoms with Crippen LogP contribution in [0.4, 0.5) is 0 Å². The van der Waals surface area contributed by atoms with Crippen molar-refractivity contribution >= 4 is 11.9 Å². The molecule has 2 rings (SSSR count). The maximum Gasteiger partial charge on any atom is 0.303 e. The molecule has 0 bridgehead atoms. The second-order valence-corrected chi connectivity index (χ2v) is 5.34. The van der Waals surface area contributed by atoms with Crippen LogP contribution in [0.15, 0.2) is 18.2 Å². The summed E-state index contributed by atoms with van der Waals surface area (Å²) in [7, 11) is 3.21. The Morgan fingerprint density at radius 3 is 2.73 bits per heavy atom. The molecule has 6 nitrogen and oxygen atoms in total. The number of carboxylic acids is 1. The molecule has 6 heteroatoms. The third kappa shape index (κ3) is 3.90. The molecule has 1 aromatic rings. The fourth-order valence-electron chi connectivity index (χ4n) is 2.54. The van der Waals surface area contributed by atoms with Gasteiger partial charge in [0.05, 0.1) is 14.2 Å². The van der Waals surface area contributed by atoms with E-state index in [2.05, 4.69) is 5.32 Å². The van der Waals surface area contributed by atoms with E-state index < -0.39 is 5.97 Å². The van der Waals surface area contributed by atoms with Crippen LogP contribution in [0.3, 0.4) is 0 Å². The van der Waals surface area contributed by atoms with Crippen molar-refractivity contribution in [2.45, 2.75) is 25.2 Å². The van der Waals surface area contributed by atoms with Gasteiger partial charge < -0.3 is 19.9 Å². The minimum atomic E-state index is -0.848. The fourth-order valence-corrected chi connectivity index (χ4v) is 2.54. The maximum atomic E-state index is 12.1. The van der Waals surface area contributed by atoms with Crippen LogP contribution in [0.5, 0.6) is 11.5 Å². The van der Waals surface area contributed by atoms with Gasteiger partial charge in [-0.15, -0.1) is 0 Å². The molecule has 0 saturated heterocycles. The second-order valence-electron chi connectivity index (χ2n) is 5.34. The number of hydrogen-bond acceptors (Lipinski definition) is 4. The number of hydrogen-bond donors (Lipinski definition) is 2. The van der Waals surface area contributed by atoms with Crippen LogP contribution in [0.25, 0.3) is 0 Å². The average molecular weight is 307 g/mol. The number of methoxy groups -OCH3 is 2. The van der Waals surface area contributed by atoms with Crippen molar-refractivity contribution in [3.8, 4) is 11.5 Å². The molecule has 0 spiro atoms. The Morgan fingerprint density at radius 1 is 1.32 bits per heavy atom. The minimum Gasteiger partial charge on any atom is -0.497 e. The lowest BCUT2D eigenvalue weighted by atomic mass is 10.1. The van der Waals surface area contributed by atoms with Crippen LogP contribution in [0, 0.1) is 5.92 Å². The van der Waals surface area contributed by atoms with E-state index in [9.17, 15) is 9.59 Å². The zero-order valence-electron chi connectivity index (χ0n) is 12.8. The first-order valence-electron chi connectivity index (χ1n) is 7.28. The minimum absolute atomic E-state index is 0.0275. The van der Waals surface area contributed by atoms with Crippen molar-refractivity contribution in [1.29, 1.82) is 0 Å². The number of carbonyl (C=O) groups excluding carboxylic acids is 1. The predicted octanol–water partition coefficient (Wildman–Crippen LogP) is 1.79. The monoisotopic (exact) mass is 307 g/mol. The number of carbonyl (C=O) groups is 2. The molecule has 1 aromatic carbocycles. The average Bonchev–Trinajstić information content (AvgIpc) is 3.31. The predicted molar refractivity (Wildman–Crippen MR) is 80.3 cm³/mol. The highest BCUT2D eigenvalue weighted by Gasteiger charge is 2.45. The van der Waals surface area contributed by atoms with Crippen LogP contribution < -0.4 is 14.8 Å². The van der Waals surface area contributed by atoms with Gasteiger partial charge in [0.15, 0.2) is 0 Å². The molecule has 0 aromatic heterocycles. The molecular formula is C16H21NO5. The van der Waals surface area contributed by atoms with Gasteiger partial charge in [-0.25, -0.2) is 0 Å². The van der Waals surface area contributed by atoms with Crippen LogP contribution in [0.1, 0.15) is 30.7 Å². The van der Waals surface area contributed by atoms with E-state index >= 15 is 0 Å². The summed E-state index contributed by atoms with van der Waals surface area (Å²) < 4.78 is 10.6. The summed E-state index contributed by atoms with van der Waals surface area (Å²) in [6, 6.07) is 5.57. The Morgan fingerprint density at radius 2 is 2.09 bits per heavy atom. The first kappa shape index (κ1) is 16.1. The van der Waals surface area contributed by atoms with Crippen molar-refractivity contribution in [3.05, 3.63) is 23.8 Å². The number of ether oxygens (including phenoxy) is 2. The van der Waals surface area contributed by atoms with Gasteiger partial charge in [0.2, 0.25) is 5.91 Å². The SMILES string of the molecule is COc1ccc(OC)c(C2CC2C(=O)NCCCC(=O)O)c1. The summed E-state index contributed by atoms with van der Waals surface area (Å²) in [5, 5.41) is 11.4. The van der Waals surface area contributed by atoms with Gasteiger partial charge in [0, 0.05) is 30.4 Å². The number of benzene rings is 1. The first-order valence-corrected chi connectivity index (χ1v) is 7.28. The van der Waals surface area contributed by atoms with Crippen molar-refractivity contribution in [1.82, 2.24) is 5.32 Å². The van der Waals surface area contributed by atoms with Crippen molar-refractivity contribution < 1.29 is 24.2 Å². The largest absolute Gasteiger partial charge is 0.497 e. The number of amides is 1. The maximum absolute atomic E-state index is 12.1. The van der Waals surface area contributed by atoms with E-state index in [0.717, 1.165) is 23.5 Å². The third-order valence-electron chi connectivity index (χ3n) is 3.83. The Kier molecular flexibility index (Phi) is 5.25. The van der Waals surface area contributed by atoms with E-state index in [0.29, 0.717) is 13.0 Å². The number of aliphatic carboxylic acids is 1. The topological polar surface area (TPSA) is 84.9 Å². The molecule has 1 fully saturated rings. The van der Waals surface area contributed by atoms with Crippen molar-refractivity contribution in [2.24, 2.45) is 5.92 Å². The number of rotatable bonds is 8. The Labute approximate surface area is 129 Å². The summed E-state index contributed by atoms with van der Waals surface area (Å²) in [5.41, 5.74) is 0.979. The molecule has 2 N–H and O–H groups in total. The normalized spacial score (nSPS) is 19.4. The van der Waals surface area contributed by atoms with E-state index in [4.69, 9.17) is 14.6 Å². The molecule has 0 radical (unpaired) electrons. The van der Waals surface area contributed by atoms with Crippen LogP contribution in [-0.4, -0.2) is 37.7 Å². The van der Waals surface area contributed by atoms with Gasteiger partial charge in [-0.05, 0) is 31.0 Å². The molecule has 120 valence electrons. The first-order chi connectivity index (χ1) is 10.6. The molecule has 1 aliphatic carbocycles. The molecule has 1 aliphatic rings. The molecule has 0 aliphatic heterocycles. The van der Waals surface area contributed by atoms with Crippen molar-refractivity contribution in [2.75, 3.05) is 20.8 Å². The summed E-state index contributed by atoms with van der Waals surface area (Å²) in [4.78, 5) is 22.5. The molecule has 2 unspecified atom stereocenters. The van der Waals surface area contributed by atoms with E-state index in [1.54, 1.807) is 14.2 Å². The summed E-state index contributed by atoms with van der Waals surface area (Å²) in [5.74, 6) is 0.672. The van der Waals surface area contributed by atoms with Crippen molar-refractivity contribution in [3.63, 3.8) is 0 Å².